The molecule has 3 amide bonds. The summed E-state index contributed by atoms with van der Waals surface area (Å²) in [5, 5.41) is 6.00. The summed E-state index contributed by atoms with van der Waals surface area (Å²) in [6.45, 7) is 3.11. The van der Waals surface area contributed by atoms with E-state index in [-0.39, 0.29) is 18.0 Å². The number of nitrogens with one attached hydrogen (secondary N) is 2. The lowest BCUT2D eigenvalue weighted by Gasteiger charge is -2.36. The Labute approximate surface area is 158 Å². The van der Waals surface area contributed by atoms with Gasteiger partial charge in [-0.3, -0.25) is 4.79 Å². The molecular weight excluding hydrogens is 342 g/mol. The van der Waals surface area contributed by atoms with Crippen molar-refractivity contribution in [2.75, 3.05) is 23.8 Å². The first kappa shape index (κ1) is 17.5. The highest BCUT2D eigenvalue weighted by atomic mass is 16.2. The third kappa shape index (κ3) is 3.26. The molecule has 2 N–H and O–H groups in total. The molecule has 1 aromatic heterocycles. The molecule has 0 saturated carbocycles. The standard InChI is InChI=1S/C20H23N5O2/c1-13-12-14(9-11-24(13)2)22-20(27)25-17-8-4-3-6-15(17)19(26)23-16-7-5-10-21-18(16)25/h3-8,10,13-14H,9,11-12H2,1-2H3,(H,22,27)(H,23,26). The Morgan fingerprint density at radius 3 is 2.89 bits per heavy atom. The van der Waals surface area contributed by atoms with Gasteiger partial charge in [-0.1, -0.05) is 12.1 Å². The van der Waals surface area contributed by atoms with Gasteiger partial charge in [0.05, 0.1) is 16.9 Å². The molecule has 1 saturated heterocycles. The number of benzene rings is 1. The molecule has 1 fully saturated rings. The number of carbonyl (C=O) groups excluding carboxylic acids is 2. The summed E-state index contributed by atoms with van der Waals surface area (Å²) in [7, 11) is 2.10. The van der Waals surface area contributed by atoms with Crippen LogP contribution in [0.15, 0.2) is 42.6 Å². The molecule has 2 aliphatic rings. The zero-order valence-electron chi connectivity index (χ0n) is 15.5. The van der Waals surface area contributed by atoms with Gasteiger partial charge in [-0.05, 0) is 51.1 Å². The molecule has 7 nitrogen and oxygen atoms in total. The summed E-state index contributed by atoms with van der Waals surface area (Å²) in [5.74, 6) is 0.178. The molecule has 0 bridgehead atoms. The summed E-state index contributed by atoms with van der Waals surface area (Å²) in [6.07, 6.45) is 3.41. The number of nitrogens with zero attached hydrogens (tertiary/aromatic N) is 3. The number of para-hydroxylation sites is 1. The van der Waals surface area contributed by atoms with E-state index in [1.807, 2.05) is 6.07 Å². The first-order valence-electron chi connectivity index (χ1n) is 9.21. The minimum absolute atomic E-state index is 0.0925. The van der Waals surface area contributed by atoms with Crippen molar-refractivity contribution in [1.82, 2.24) is 15.2 Å². The van der Waals surface area contributed by atoms with Gasteiger partial charge in [0, 0.05) is 24.8 Å². The second-order valence-corrected chi connectivity index (χ2v) is 7.18. The fourth-order valence-corrected chi connectivity index (χ4v) is 3.70. The minimum atomic E-state index is -0.263. The zero-order chi connectivity index (χ0) is 19.0. The molecule has 0 spiro atoms. The molecule has 27 heavy (non-hydrogen) atoms. The molecule has 0 aliphatic carbocycles. The molecular formula is C20H23N5O2. The van der Waals surface area contributed by atoms with Crippen molar-refractivity contribution in [3.8, 4) is 0 Å². The van der Waals surface area contributed by atoms with Crippen molar-refractivity contribution in [2.45, 2.75) is 31.8 Å². The number of fused-ring (bicyclic) bond motifs is 2. The van der Waals surface area contributed by atoms with Crippen LogP contribution in [-0.2, 0) is 0 Å². The zero-order valence-corrected chi connectivity index (χ0v) is 15.5. The smallest absolute Gasteiger partial charge is 0.328 e. The van der Waals surface area contributed by atoms with Crippen LogP contribution < -0.4 is 15.5 Å². The Morgan fingerprint density at radius 2 is 2.07 bits per heavy atom. The van der Waals surface area contributed by atoms with E-state index >= 15 is 0 Å². The van der Waals surface area contributed by atoms with Crippen molar-refractivity contribution in [2.24, 2.45) is 0 Å². The molecule has 4 rings (SSSR count). The first-order chi connectivity index (χ1) is 13.0. The van der Waals surface area contributed by atoms with Gasteiger partial charge in [0.25, 0.3) is 5.91 Å². The van der Waals surface area contributed by atoms with Crippen LogP contribution >= 0.6 is 0 Å². The maximum atomic E-state index is 13.3. The number of urea groups is 1. The first-order valence-corrected chi connectivity index (χ1v) is 9.21. The summed E-state index contributed by atoms with van der Waals surface area (Å²) in [4.78, 5) is 34.0. The molecule has 7 heteroatoms. The number of aromatic nitrogens is 1. The second-order valence-electron chi connectivity index (χ2n) is 7.18. The molecule has 3 heterocycles. The summed E-state index contributed by atoms with van der Waals surface area (Å²) in [5.41, 5.74) is 1.50. The molecule has 2 atom stereocenters. The number of rotatable bonds is 1. The minimum Gasteiger partial charge on any atom is -0.335 e. The van der Waals surface area contributed by atoms with Crippen LogP contribution in [0.3, 0.4) is 0 Å². The Hall–Kier alpha value is -2.93. The normalized spacial score (nSPS) is 22.3. The van der Waals surface area contributed by atoms with Crippen LogP contribution in [0.25, 0.3) is 0 Å². The maximum Gasteiger partial charge on any atom is 0.328 e. The fourth-order valence-electron chi connectivity index (χ4n) is 3.70. The van der Waals surface area contributed by atoms with Crippen LogP contribution in [0.1, 0.15) is 30.1 Å². The van der Waals surface area contributed by atoms with Crippen molar-refractivity contribution in [3.63, 3.8) is 0 Å². The van der Waals surface area contributed by atoms with Gasteiger partial charge in [-0.15, -0.1) is 0 Å². The third-order valence-electron chi connectivity index (χ3n) is 5.38. The number of carbonyl (C=O) groups is 2. The lowest BCUT2D eigenvalue weighted by atomic mass is 9.99. The average molecular weight is 365 g/mol. The monoisotopic (exact) mass is 365 g/mol. The van der Waals surface area contributed by atoms with Crippen LogP contribution in [0.4, 0.5) is 22.0 Å². The van der Waals surface area contributed by atoms with E-state index in [1.54, 1.807) is 36.5 Å². The van der Waals surface area contributed by atoms with E-state index in [2.05, 4.69) is 34.5 Å². The Kier molecular flexibility index (Phi) is 4.53. The summed E-state index contributed by atoms with van der Waals surface area (Å²) in [6, 6.07) is 10.8. The lowest BCUT2D eigenvalue weighted by Crippen LogP contribution is -2.50. The van der Waals surface area contributed by atoms with E-state index in [1.165, 1.54) is 4.90 Å². The van der Waals surface area contributed by atoms with Gasteiger partial charge in [0.1, 0.15) is 0 Å². The number of amides is 3. The molecule has 140 valence electrons. The highest BCUT2D eigenvalue weighted by Crippen LogP contribution is 2.36. The van der Waals surface area contributed by atoms with Gasteiger partial charge in [0.2, 0.25) is 0 Å². The maximum absolute atomic E-state index is 13.3. The largest absolute Gasteiger partial charge is 0.335 e. The van der Waals surface area contributed by atoms with E-state index in [4.69, 9.17) is 0 Å². The Morgan fingerprint density at radius 1 is 1.26 bits per heavy atom. The van der Waals surface area contributed by atoms with Crippen LogP contribution in [0.5, 0.6) is 0 Å². The summed E-state index contributed by atoms with van der Waals surface area (Å²) >= 11 is 0. The molecule has 2 unspecified atom stereocenters. The van der Waals surface area contributed by atoms with Crippen LogP contribution in [-0.4, -0.2) is 47.5 Å². The Balaban J connectivity index is 1.70. The van der Waals surface area contributed by atoms with Gasteiger partial charge in [-0.2, -0.15) is 0 Å². The van der Waals surface area contributed by atoms with Gasteiger partial charge < -0.3 is 15.5 Å². The van der Waals surface area contributed by atoms with Crippen molar-refractivity contribution < 1.29 is 9.59 Å². The van der Waals surface area contributed by atoms with E-state index < -0.39 is 0 Å². The predicted octanol–water partition coefficient (Wildman–Crippen LogP) is 2.98. The number of likely N-dealkylation sites (tertiary alicyclic amines) is 1. The highest BCUT2D eigenvalue weighted by molar-refractivity contribution is 6.16. The van der Waals surface area contributed by atoms with E-state index in [9.17, 15) is 9.59 Å². The number of pyridine rings is 1. The quantitative estimate of drug-likeness (QED) is 0.814. The van der Waals surface area contributed by atoms with Crippen molar-refractivity contribution >= 4 is 29.1 Å². The number of piperidine rings is 1. The molecule has 2 aliphatic heterocycles. The van der Waals surface area contributed by atoms with Crippen molar-refractivity contribution in [1.29, 1.82) is 0 Å². The van der Waals surface area contributed by atoms with E-state index in [0.717, 1.165) is 19.4 Å². The van der Waals surface area contributed by atoms with Crippen LogP contribution in [0, 0.1) is 0 Å². The average Bonchev–Trinajstić information content (AvgIpc) is 2.79. The Bertz CT molecular complexity index is 884. The second kappa shape index (κ2) is 7.00. The highest BCUT2D eigenvalue weighted by Gasteiger charge is 2.32. The lowest BCUT2D eigenvalue weighted by molar-refractivity contribution is 0.102. The third-order valence-corrected chi connectivity index (χ3v) is 5.38. The SMILES string of the molecule is CC1CC(NC(=O)N2c3ccccc3C(=O)Nc3cccnc32)CCN1C. The number of hydrogen-bond donors (Lipinski definition) is 2. The van der Waals surface area contributed by atoms with Gasteiger partial charge >= 0.3 is 6.03 Å². The number of anilines is 3. The van der Waals surface area contributed by atoms with Crippen LogP contribution in [0.2, 0.25) is 0 Å². The molecule has 1 aromatic carbocycles. The molecule has 2 aromatic rings. The predicted molar refractivity (Wildman–Crippen MR) is 104 cm³/mol. The van der Waals surface area contributed by atoms with Gasteiger partial charge in [0.15, 0.2) is 5.82 Å². The van der Waals surface area contributed by atoms with E-state index in [0.29, 0.717) is 28.8 Å². The topological polar surface area (TPSA) is 77.6 Å². The summed E-state index contributed by atoms with van der Waals surface area (Å²) < 4.78 is 0. The fraction of sp³-hybridized carbons (Fsp3) is 0.350. The van der Waals surface area contributed by atoms with Gasteiger partial charge in [-0.25, -0.2) is 14.7 Å². The molecule has 0 radical (unpaired) electrons. The number of hydrogen-bond acceptors (Lipinski definition) is 4. The van der Waals surface area contributed by atoms with Crippen molar-refractivity contribution in [3.05, 3.63) is 48.2 Å².